The van der Waals surface area contributed by atoms with E-state index in [0.717, 1.165) is 17.7 Å². The first-order chi connectivity index (χ1) is 12.9. The normalized spacial score (nSPS) is 10.9. The van der Waals surface area contributed by atoms with E-state index in [1.54, 1.807) is 41.3 Å². The molecule has 0 aliphatic rings. The Labute approximate surface area is 158 Å². The van der Waals surface area contributed by atoms with Gasteiger partial charge in [-0.15, -0.1) is 13.2 Å². The minimum Gasteiger partial charge on any atom is -0.335 e. The summed E-state index contributed by atoms with van der Waals surface area (Å²) in [5.74, 6) is -0.584. The summed E-state index contributed by atoms with van der Waals surface area (Å²) < 4.78 is 40.0. The Morgan fingerprint density at radius 3 is 2.07 bits per heavy atom. The van der Waals surface area contributed by atoms with Crippen molar-refractivity contribution in [3.05, 3.63) is 85.2 Å². The van der Waals surface area contributed by atoms with Crippen molar-refractivity contribution in [2.45, 2.75) is 11.3 Å². The zero-order valence-corrected chi connectivity index (χ0v) is 15.6. The Hall–Kier alpha value is -2.93. The van der Waals surface area contributed by atoms with Gasteiger partial charge in [-0.3, -0.25) is 9.52 Å². The molecule has 142 valence electrons. The van der Waals surface area contributed by atoms with Crippen LogP contribution < -0.4 is 4.72 Å². The molecule has 27 heavy (non-hydrogen) atoms. The van der Waals surface area contributed by atoms with E-state index in [4.69, 9.17) is 0 Å². The molecule has 0 aliphatic heterocycles. The molecule has 2 aromatic carbocycles. The Morgan fingerprint density at radius 1 is 1.00 bits per heavy atom. The maximum Gasteiger partial charge on any atom is 0.261 e. The number of hydrogen-bond donors (Lipinski definition) is 1. The number of nitrogens with zero attached hydrogens (tertiary/aromatic N) is 1. The number of carbonyl (C=O) groups excluding carboxylic acids is 1. The van der Waals surface area contributed by atoms with Gasteiger partial charge in [0.05, 0.1) is 11.3 Å². The van der Waals surface area contributed by atoms with E-state index in [9.17, 15) is 17.6 Å². The third-order valence-electron chi connectivity index (χ3n) is 3.74. The Morgan fingerprint density at radius 2 is 1.56 bits per heavy atom. The lowest BCUT2D eigenvalue weighted by molar-refractivity contribution is -0.129. The number of anilines is 1. The van der Waals surface area contributed by atoms with Gasteiger partial charge >= 0.3 is 0 Å². The molecule has 0 unspecified atom stereocenters. The van der Waals surface area contributed by atoms with Crippen molar-refractivity contribution in [2.24, 2.45) is 0 Å². The minimum atomic E-state index is -3.81. The van der Waals surface area contributed by atoms with Crippen LogP contribution in [0.2, 0.25) is 0 Å². The highest BCUT2D eigenvalue weighted by atomic mass is 32.2. The van der Waals surface area contributed by atoms with Crippen LogP contribution in [0.25, 0.3) is 0 Å². The second kappa shape index (κ2) is 9.14. The zero-order chi connectivity index (χ0) is 19.9. The van der Waals surface area contributed by atoms with E-state index < -0.39 is 15.8 Å². The summed E-state index contributed by atoms with van der Waals surface area (Å²) >= 11 is 0. The SMILES string of the molecule is C=CCN(CC=C)C(=O)Cc1ccc(NS(=O)(=O)c2ccc(F)cc2)cc1. The predicted octanol–water partition coefficient (Wildman–Crippen LogP) is 3.37. The maximum absolute atomic E-state index is 12.9. The summed E-state index contributed by atoms with van der Waals surface area (Å²) in [5.41, 5.74) is 1.10. The van der Waals surface area contributed by atoms with Crippen LogP contribution in [0.4, 0.5) is 10.1 Å². The molecule has 7 heteroatoms. The highest BCUT2D eigenvalue weighted by Crippen LogP contribution is 2.17. The van der Waals surface area contributed by atoms with Gasteiger partial charge in [0, 0.05) is 18.8 Å². The molecule has 0 bridgehead atoms. The van der Waals surface area contributed by atoms with Gasteiger partial charge in [-0.1, -0.05) is 24.3 Å². The van der Waals surface area contributed by atoms with E-state index >= 15 is 0 Å². The molecule has 1 amide bonds. The van der Waals surface area contributed by atoms with Gasteiger partial charge in [-0.2, -0.15) is 0 Å². The lowest BCUT2D eigenvalue weighted by Crippen LogP contribution is -2.32. The van der Waals surface area contributed by atoms with Crippen molar-refractivity contribution in [1.82, 2.24) is 4.90 Å². The van der Waals surface area contributed by atoms with Crippen molar-refractivity contribution >= 4 is 21.6 Å². The van der Waals surface area contributed by atoms with E-state index in [-0.39, 0.29) is 17.2 Å². The second-order valence-corrected chi connectivity index (χ2v) is 7.49. The number of nitrogens with one attached hydrogen (secondary N) is 1. The monoisotopic (exact) mass is 388 g/mol. The molecule has 5 nitrogen and oxygen atoms in total. The van der Waals surface area contributed by atoms with Gasteiger partial charge in [0.1, 0.15) is 5.82 Å². The number of rotatable bonds is 9. The Kier molecular flexibility index (Phi) is 6.90. The zero-order valence-electron chi connectivity index (χ0n) is 14.8. The molecule has 0 saturated carbocycles. The quantitative estimate of drug-likeness (QED) is 0.670. The molecule has 1 N–H and O–H groups in total. The largest absolute Gasteiger partial charge is 0.335 e. The summed E-state index contributed by atoms with van der Waals surface area (Å²) in [6, 6.07) is 11.1. The molecule has 0 aromatic heterocycles. The van der Waals surface area contributed by atoms with Crippen LogP contribution in [-0.4, -0.2) is 32.3 Å². The van der Waals surface area contributed by atoms with E-state index in [0.29, 0.717) is 18.8 Å². The van der Waals surface area contributed by atoms with E-state index in [1.807, 2.05) is 0 Å². The number of carbonyl (C=O) groups is 1. The van der Waals surface area contributed by atoms with Crippen LogP contribution in [0.3, 0.4) is 0 Å². The molecule has 0 radical (unpaired) electrons. The summed E-state index contributed by atoms with van der Waals surface area (Å²) in [5, 5.41) is 0. The molecule has 0 atom stereocenters. The summed E-state index contributed by atoms with van der Waals surface area (Å²) in [7, 11) is -3.81. The molecule has 2 aromatic rings. The molecular formula is C20H21FN2O3S. The number of amides is 1. The maximum atomic E-state index is 12.9. The third kappa shape index (κ3) is 5.79. The first kappa shape index (κ1) is 20.4. The molecule has 0 saturated heterocycles. The molecule has 0 fully saturated rings. The molecule has 0 heterocycles. The first-order valence-corrected chi connectivity index (χ1v) is 9.71. The summed E-state index contributed by atoms with van der Waals surface area (Å²) in [4.78, 5) is 13.9. The number of halogens is 1. The lowest BCUT2D eigenvalue weighted by Gasteiger charge is -2.19. The van der Waals surface area contributed by atoms with Gasteiger partial charge in [-0.05, 0) is 42.0 Å². The molecule has 0 aliphatic carbocycles. The van der Waals surface area contributed by atoms with Crippen LogP contribution in [-0.2, 0) is 21.2 Å². The van der Waals surface area contributed by atoms with Crippen LogP contribution >= 0.6 is 0 Å². The van der Waals surface area contributed by atoms with E-state index in [1.165, 1.54) is 12.1 Å². The van der Waals surface area contributed by atoms with Crippen molar-refractivity contribution in [1.29, 1.82) is 0 Å². The minimum absolute atomic E-state index is 0.0346. The molecule has 2 rings (SSSR count). The average molecular weight is 388 g/mol. The van der Waals surface area contributed by atoms with Gasteiger partial charge < -0.3 is 4.90 Å². The van der Waals surface area contributed by atoms with Crippen molar-refractivity contribution in [3.63, 3.8) is 0 Å². The summed E-state index contributed by atoms with van der Waals surface area (Å²) in [6.45, 7) is 8.13. The predicted molar refractivity (Wildman–Crippen MR) is 104 cm³/mol. The fourth-order valence-electron chi connectivity index (χ4n) is 2.39. The fraction of sp³-hybridized carbons (Fsp3) is 0.150. The number of sulfonamides is 1. The third-order valence-corrected chi connectivity index (χ3v) is 5.13. The van der Waals surface area contributed by atoms with Crippen LogP contribution in [0.1, 0.15) is 5.56 Å². The van der Waals surface area contributed by atoms with Crippen molar-refractivity contribution < 1.29 is 17.6 Å². The first-order valence-electron chi connectivity index (χ1n) is 8.22. The second-order valence-electron chi connectivity index (χ2n) is 5.81. The summed E-state index contributed by atoms with van der Waals surface area (Å²) in [6.07, 6.45) is 3.48. The van der Waals surface area contributed by atoms with Gasteiger partial charge in [0.15, 0.2) is 0 Å². The molecule has 0 spiro atoms. The van der Waals surface area contributed by atoms with Crippen LogP contribution in [0.5, 0.6) is 0 Å². The Bertz CT molecular complexity index is 897. The van der Waals surface area contributed by atoms with Crippen LogP contribution in [0, 0.1) is 5.82 Å². The molecular weight excluding hydrogens is 367 g/mol. The van der Waals surface area contributed by atoms with Gasteiger partial charge in [0.2, 0.25) is 5.91 Å². The van der Waals surface area contributed by atoms with Crippen LogP contribution in [0.15, 0.2) is 78.7 Å². The number of hydrogen-bond acceptors (Lipinski definition) is 3. The fourth-order valence-corrected chi connectivity index (χ4v) is 3.45. The average Bonchev–Trinajstić information content (AvgIpc) is 2.63. The topological polar surface area (TPSA) is 66.5 Å². The smallest absolute Gasteiger partial charge is 0.261 e. The van der Waals surface area contributed by atoms with Crippen molar-refractivity contribution in [2.75, 3.05) is 17.8 Å². The number of benzene rings is 2. The standard InChI is InChI=1S/C20H21FN2O3S/c1-3-13-23(14-4-2)20(24)15-16-5-9-18(10-6-16)22-27(25,26)19-11-7-17(21)8-12-19/h3-12,22H,1-2,13-15H2. The van der Waals surface area contributed by atoms with E-state index in [2.05, 4.69) is 17.9 Å². The van der Waals surface area contributed by atoms with Gasteiger partial charge in [0.25, 0.3) is 10.0 Å². The highest BCUT2D eigenvalue weighted by molar-refractivity contribution is 7.92. The highest BCUT2D eigenvalue weighted by Gasteiger charge is 2.15. The van der Waals surface area contributed by atoms with Gasteiger partial charge in [-0.25, -0.2) is 12.8 Å². The Balaban J connectivity index is 2.06. The van der Waals surface area contributed by atoms with Crippen molar-refractivity contribution in [3.8, 4) is 0 Å². The lowest BCUT2D eigenvalue weighted by atomic mass is 10.1.